The summed E-state index contributed by atoms with van der Waals surface area (Å²) in [5.74, 6) is 0. The molecule has 0 bridgehead atoms. The van der Waals surface area contributed by atoms with Crippen LogP contribution in [0.25, 0.3) is 0 Å². The normalized spacial score (nSPS) is 11.2. The van der Waals surface area contributed by atoms with Crippen molar-refractivity contribution < 1.29 is 13.0 Å². The molecule has 0 atom stereocenters. The number of nitrogens with one attached hydrogen (secondary N) is 1. The van der Waals surface area contributed by atoms with Crippen LogP contribution in [0.15, 0.2) is 18.2 Å². The molecule has 0 saturated heterocycles. The zero-order chi connectivity index (χ0) is 9.90. The Morgan fingerprint density at radius 1 is 1.62 bits per heavy atom. The standard InChI is InChI=1S/C7H9N2O3S/c8-5-6-2-1-3-7(4-6)9-13(10,11)12/h1,3-4,9H,5,8H2,(H,10,11,12). The predicted octanol–water partition coefficient (Wildman–Crippen LogP) is 0.160. The average Bonchev–Trinajstić information content (AvgIpc) is 2.01. The first-order valence-corrected chi connectivity index (χ1v) is 4.91. The summed E-state index contributed by atoms with van der Waals surface area (Å²) >= 11 is 0. The van der Waals surface area contributed by atoms with Crippen molar-refractivity contribution in [3.8, 4) is 0 Å². The number of hydrogen-bond donors (Lipinski definition) is 3. The van der Waals surface area contributed by atoms with Gasteiger partial charge in [0.15, 0.2) is 0 Å². The molecule has 1 radical (unpaired) electrons. The molecule has 0 heterocycles. The average molecular weight is 201 g/mol. The van der Waals surface area contributed by atoms with Gasteiger partial charge < -0.3 is 5.73 Å². The molecule has 1 aromatic carbocycles. The highest BCUT2D eigenvalue weighted by Gasteiger charge is 2.03. The highest BCUT2D eigenvalue weighted by atomic mass is 32.2. The molecule has 0 aliphatic carbocycles. The van der Waals surface area contributed by atoms with Crippen molar-refractivity contribution in [3.05, 3.63) is 29.8 Å². The molecule has 0 spiro atoms. The molecule has 4 N–H and O–H groups in total. The van der Waals surface area contributed by atoms with Crippen LogP contribution in [0.1, 0.15) is 5.56 Å². The summed E-state index contributed by atoms with van der Waals surface area (Å²) in [6.45, 7) is 0.265. The minimum atomic E-state index is -4.21. The van der Waals surface area contributed by atoms with Crippen LogP contribution in [0, 0.1) is 6.07 Å². The van der Waals surface area contributed by atoms with Gasteiger partial charge in [0.25, 0.3) is 0 Å². The summed E-state index contributed by atoms with van der Waals surface area (Å²) in [4.78, 5) is 0. The maximum Gasteiger partial charge on any atom is 0.357 e. The second-order valence-electron chi connectivity index (χ2n) is 2.38. The molecule has 1 aromatic rings. The van der Waals surface area contributed by atoms with E-state index in [9.17, 15) is 8.42 Å². The van der Waals surface area contributed by atoms with Gasteiger partial charge in [-0.3, -0.25) is 9.27 Å². The molecule has 0 amide bonds. The van der Waals surface area contributed by atoms with Gasteiger partial charge in [-0.05, 0) is 23.8 Å². The van der Waals surface area contributed by atoms with E-state index in [1.54, 1.807) is 0 Å². The van der Waals surface area contributed by atoms with Crippen molar-refractivity contribution in [2.45, 2.75) is 6.54 Å². The highest BCUT2D eigenvalue weighted by Crippen LogP contribution is 2.10. The number of hydrogen-bond acceptors (Lipinski definition) is 3. The molecule has 0 saturated carbocycles. The van der Waals surface area contributed by atoms with Crippen molar-refractivity contribution in [1.29, 1.82) is 0 Å². The van der Waals surface area contributed by atoms with Crippen LogP contribution < -0.4 is 10.5 Å². The zero-order valence-corrected chi connectivity index (χ0v) is 7.50. The quantitative estimate of drug-likeness (QED) is 0.607. The Morgan fingerprint density at radius 3 is 2.85 bits per heavy atom. The molecule has 0 fully saturated rings. The molecule has 0 aromatic heterocycles. The smallest absolute Gasteiger partial charge is 0.326 e. The van der Waals surface area contributed by atoms with Gasteiger partial charge in [-0.2, -0.15) is 8.42 Å². The summed E-state index contributed by atoms with van der Waals surface area (Å²) in [7, 11) is -4.21. The third-order valence-corrected chi connectivity index (χ3v) is 1.82. The maximum atomic E-state index is 10.4. The summed E-state index contributed by atoms with van der Waals surface area (Å²) < 4.78 is 31.2. The van der Waals surface area contributed by atoms with E-state index in [0.717, 1.165) is 0 Å². The molecule has 13 heavy (non-hydrogen) atoms. The lowest BCUT2D eigenvalue weighted by Gasteiger charge is -2.03. The number of benzene rings is 1. The lowest BCUT2D eigenvalue weighted by atomic mass is 10.2. The van der Waals surface area contributed by atoms with Crippen molar-refractivity contribution in [3.63, 3.8) is 0 Å². The molecule has 0 aliphatic heterocycles. The molecular formula is C7H9N2O3S. The fraction of sp³-hybridized carbons (Fsp3) is 0.143. The van der Waals surface area contributed by atoms with E-state index in [1.807, 2.05) is 4.72 Å². The minimum Gasteiger partial charge on any atom is -0.326 e. The second kappa shape index (κ2) is 3.73. The molecule has 1 rings (SSSR count). The van der Waals surface area contributed by atoms with Crippen molar-refractivity contribution >= 4 is 16.0 Å². The van der Waals surface area contributed by atoms with E-state index in [4.69, 9.17) is 10.3 Å². The Labute approximate surface area is 76.5 Å². The van der Waals surface area contributed by atoms with E-state index < -0.39 is 10.3 Å². The van der Waals surface area contributed by atoms with Gasteiger partial charge in [0.1, 0.15) is 0 Å². The largest absolute Gasteiger partial charge is 0.357 e. The monoisotopic (exact) mass is 201 g/mol. The van der Waals surface area contributed by atoms with E-state index >= 15 is 0 Å². The van der Waals surface area contributed by atoms with Crippen LogP contribution in [-0.2, 0) is 16.8 Å². The van der Waals surface area contributed by atoms with E-state index in [1.165, 1.54) is 18.2 Å². The van der Waals surface area contributed by atoms with Gasteiger partial charge in [-0.15, -0.1) is 0 Å². The van der Waals surface area contributed by atoms with Gasteiger partial charge in [-0.25, -0.2) is 0 Å². The maximum absolute atomic E-state index is 10.4. The Balaban J connectivity index is 2.90. The van der Waals surface area contributed by atoms with Crippen LogP contribution in [0.2, 0.25) is 0 Å². The molecular weight excluding hydrogens is 192 g/mol. The Morgan fingerprint density at radius 2 is 2.31 bits per heavy atom. The van der Waals surface area contributed by atoms with Crippen LogP contribution in [-0.4, -0.2) is 13.0 Å². The number of anilines is 1. The summed E-state index contributed by atoms with van der Waals surface area (Å²) in [6.07, 6.45) is 0. The number of nitrogens with two attached hydrogens (primary N) is 1. The Hall–Kier alpha value is -1.11. The van der Waals surface area contributed by atoms with Gasteiger partial charge in [0.05, 0.1) is 5.69 Å². The molecule has 0 aliphatic rings. The molecule has 71 valence electrons. The fourth-order valence-electron chi connectivity index (χ4n) is 0.846. The number of rotatable bonds is 3. The SMILES string of the molecule is NCc1[c]ccc(NS(=O)(=O)O)c1. The molecule has 6 heteroatoms. The molecule has 0 unspecified atom stereocenters. The van der Waals surface area contributed by atoms with E-state index in [2.05, 4.69) is 6.07 Å². The van der Waals surface area contributed by atoms with Crippen LogP contribution >= 0.6 is 0 Å². The van der Waals surface area contributed by atoms with Crippen molar-refractivity contribution in [2.24, 2.45) is 5.73 Å². The first-order valence-electron chi connectivity index (χ1n) is 3.47. The predicted molar refractivity (Wildman–Crippen MR) is 48.3 cm³/mol. The second-order valence-corrected chi connectivity index (χ2v) is 3.54. The first kappa shape index (κ1) is 9.97. The lowest BCUT2D eigenvalue weighted by molar-refractivity contribution is 0.489. The van der Waals surface area contributed by atoms with Gasteiger partial charge >= 0.3 is 10.3 Å². The summed E-state index contributed by atoms with van der Waals surface area (Å²) in [5, 5.41) is 0. The topological polar surface area (TPSA) is 92.4 Å². The summed E-state index contributed by atoms with van der Waals surface area (Å²) in [6, 6.07) is 7.29. The van der Waals surface area contributed by atoms with Crippen LogP contribution in [0.5, 0.6) is 0 Å². The summed E-state index contributed by atoms with van der Waals surface area (Å²) in [5.41, 5.74) is 6.24. The fourth-order valence-corrected chi connectivity index (χ4v) is 1.27. The molecule has 5 nitrogen and oxygen atoms in total. The van der Waals surface area contributed by atoms with Gasteiger partial charge in [-0.1, -0.05) is 6.07 Å². The first-order chi connectivity index (χ1) is 6.01. The van der Waals surface area contributed by atoms with Crippen LogP contribution in [0.4, 0.5) is 5.69 Å². The zero-order valence-electron chi connectivity index (χ0n) is 6.69. The minimum absolute atomic E-state index is 0.265. The third-order valence-electron chi connectivity index (χ3n) is 1.33. The lowest BCUT2D eigenvalue weighted by Crippen LogP contribution is -2.10. The van der Waals surface area contributed by atoms with Crippen LogP contribution in [0.3, 0.4) is 0 Å². The Kier molecular flexibility index (Phi) is 2.86. The van der Waals surface area contributed by atoms with Gasteiger partial charge in [0.2, 0.25) is 0 Å². The van der Waals surface area contributed by atoms with Crippen molar-refractivity contribution in [1.82, 2.24) is 0 Å². The third kappa shape index (κ3) is 3.41. The van der Waals surface area contributed by atoms with Gasteiger partial charge in [0, 0.05) is 6.54 Å². The highest BCUT2D eigenvalue weighted by molar-refractivity contribution is 7.87. The van der Waals surface area contributed by atoms with Crippen molar-refractivity contribution in [2.75, 3.05) is 4.72 Å². The Bertz CT molecular complexity index is 388. The van der Waals surface area contributed by atoms with E-state index in [-0.39, 0.29) is 12.2 Å². The van der Waals surface area contributed by atoms with E-state index in [0.29, 0.717) is 5.56 Å².